The number of phenolic OH excluding ortho intramolecular Hbond substituents is 1. The number of benzene rings is 1. The van der Waals surface area contributed by atoms with Crippen LogP contribution in [0, 0.1) is 5.92 Å². The van der Waals surface area contributed by atoms with Gasteiger partial charge in [0.1, 0.15) is 11.4 Å². The van der Waals surface area contributed by atoms with Gasteiger partial charge in [0.2, 0.25) is 0 Å². The van der Waals surface area contributed by atoms with E-state index in [2.05, 4.69) is 10.2 Å². The van der Waals surface area contributed by atoms with Crippen LogP contribution in [0.1, 0.15) is 36.2 Å². The fraction of sp³-hybridized carbons (Fsp3) is 0.444. The van der Waals surface area contributed by atoms with Crippen LogP contribution in [0.4, 0.5) is 0 Å². The van der Waals surface area contributed by atoms with Crippen molar-refractivity contribution >= 4 is 5.91 Å². The number of para-hydroxylation sites is 1. The van der Waals surface area contributed by atoms with Gasteiger partial charge in [-0.15, -0.1) is 0 Å². The standard InChI is InChI=1S/C18H21N3O3/c22-10-11-7-12-5-6-13(8-11)21(12)18(24)16-9-15(19-20-16)14-3-1-2-4-17(14)23/h1-4,9,11-13,22-23H,5-8,10H2,(H,19,20)/t11?,12-,13+. The quantitative estimate of drug-likeness (QED) is 0.806. The Labute approximate surface area is 140 Å². The van der Waals surface area contributed by atoms with Crippen LogP contribution in [0.3, 0.4) is 0 Å². The summed E-state index contributed by atoms with van der Waals surface area (Å²) in [7, 11) is 0. The SMILES string of the molecule is O=C(c1cc(-c2ccccc2O)n[nH]1)N1[C@@H]2CC[C@H]1CC(CO)C2. The average molecular weight is 327 g/mol. The number of aromatic hydroxyl groups is 1. The van der Waals surface area contributed by atoms with Gasteiger partial charge < -0.3 is 15.1 Å². The number of phenols is 1. The van der Waals surface area contributed by atoms with Crippen molar-refractivity contribution in [3.63, 3.8) is 0 Å². The Balaban J connectivity index is 1.57. The summed E-state index contributed by atoms with van der Waals surface area (Å²) >= 11 is 0. The summed E-state index contributed by atoms with van der Waals surface area (Å²) in [5.41, 5.74) is 1.62. The molecule has 1 aromatic heterocycles. The number of aliphatic hydroxyl groups excluding tert-OH is 1. The molecule has 3 N–H and O–H groups in total. The van der Waals surface area contributed by atoms with E-state index in [1.54, 1.807) is 24.3 Å². The summed E-state index contributed by atoms with van der Waals surface area (Å²) in [6, 6.07) is 9.08. The molecule has 6 heteroatoms. The molecule has 3 atom stereocenters. The van der Waals surface area contributed by atoms with Crippen molar-refractivity contribution in [2.45, 2.75) is 37.8 Å². The predicted octanol–water partition coefficient (Wildman–Crippen LogP) is 2.16. The van der Waals surface area contributed by atoms with Crippen LogP contribution < -0.4 is 0 Å². The number of aromatic amines is 1. The van der Waals surface area contributed by atoms with Crippen molar-refractivity contribution in [1.29, 1.82) is 0 Å². The fourth-order valence-electron chi connectivity index (χ4n) is 4.17. The molecule has 0 aliphatic carbocycles. The van der Waals surface area contributed by atoms with Crippen LogP contribution in [-0.2, 0) is 0 Å². The normalized spacial score (nSPS) is 25.9. The highest BCUT2D eigenvalue weighted by Crippen LogP contribution is 2.39. The van der Waals surface area contributed by atoms with Gasteiger partial charge in [-0.2, -0.15) is 5.10 Å². The lowest BCUT2D eigenvalue weighted by Gasteiger charge is -2.38. The number of nitrogens with zero attached hydrogens (tertiary/aromatic N) is 2. The van der Waals surface area contributed by atoms with E-state index in [-0.39, 0.29) is 30.3 Å². The van der Waals surface area contributed by atoms with E-state index in [1.807, 2.05) is 11.0 Å². The molecule has 126 valence electrons. The maximum atomic E-state index is 12.9. The number of hydrogen-bond donors (Lipinski definition) is 3. The molecule has 2 fully saturated rings. The molecule has 2 saturated heterocycles. The minimum atomic E-state index is -0.0342. The number of rotatable bonds is 3. The highest BCUT2D eigenvalue weighted by Gasteiger charge is 2.43. The number of H-pyrrole nitrogens is 1. The first-order valence-electron chi connectivity index (χ1n) is 8.44. The molecular formula is C18H21N3O3. The minimum absolute atomic E-state index is 0.0342. The smallest absolute Gasteiger partial charge is 0.272 e. The summed E-state index contributed by atoms with van der Waals surface area (Å²) in [5, 5.41) is 26.4. The first kappa shape index (κ1) is 15.2. The second kappa shape index (κ2) is 5.94. The summed E-state index contributed by atoms with van der Waals surface area (Å²) in [6.45, 7) is 0.205. The molecule has 1 amide bonds. The molecule has 2 bridgehead atoms. The fourth-order valence-corrected chi connectivity index (χ4v) is 4.17. The topological polar surface area (TPSA) is 89.4 Å². The Morgan fingerprint density at radius 2 is 1.96 bits per heavy atom. The minimum Gasteiger partial charge on any atom is -0.507 e. The second-order valence-electron chi connectivity index (χ2n) is 6.80. The molecule has 2 aliphatic heterocycles. The monoisotopic (exact) mass is 327 g/mol. The summed E-state index contributed by atoms with van der Waals surface area (Å²) < 4.78 is 0. The van der Waals surface area contributed by atoms with E-state index in [0.29, 0.717) is 22.9 Å². The van der Waals surface area contributed by atoms with Gasteiger partial charge in [0.05, 0.1) is 5.69 Å². The Bertz CT molecular complexity index is 743. The Morgan fingerprint density at radius 1 is 1.25 bits per heavy atom. The van der Waals surface area contributed by atoms with E-state index in [9.17, 15) is 15.0 Å². The summed E-state index contributed by atoms with van der Waals surface area (Å²) in [6.07, 6.45) is 3.76. The number of amides is 1. The Morgan fingerprint density at radius 3 is 2.62 bits per heavy atom. The van der Waals surface area contributed by atoms with Crippen molar-refractivity contribution < 1.29 is 15.0 Å². The van der Waals surface area contributed by atoms with Crippen LogP contribution >= 0.6 is 0 Å². The van der Waals surface area contributed by atoms with Crippen molar-refractivity contribution in [3.8, 4) is 17.0 Å². The first-order valence-corrected chi connectivity index (χ1v) is 8.44. The van der Waals surface area contributed by atoms with Gasteiger partial charge in [-0.1, -0.05) is 12.1 Å². The molecule has 1 unspecified atom stereocenters. The van der Waals surface area contributed by atoms with Crippen molar-refractivity contribution in [1.82, 2.24) is 15.1 Å². The molecule has 2 aromatic rings. The zero-order valence-electron chi connectivity index (χ0n) is 13.4. The summed E-state index contributed by atoms with van der Waals surface area (Å²) in [5.74, 6) is 0.421. The molecule has 0 saturated carbocycles. The highest BCUT2D eigenvalue weighted by atomic mass is 16.3. The molecule has 3 heterocycles. The van der Waals surface area contributed by atoms with Gasteiger partial charge in [-0.25, -0.2) is 0 Å². The van der Waals surface area contributed by atoms with E-state index >= 15 is 0 Å². The molecular weight excluding hydrogens is 306 g/mol. The number of nitrogens with one attached hydrogen (secondary N) is 1. The summed E-state index contributed by atoms with van der Waals surface area (Å²) in [4.78, 5) is 14.9. The lowest BCUT2D eigenvalue weighted by Crippen LogP contribution is -2.47. The van der Waals surface area contributed by atoms with Crippen molar-refractivity contribution in [2.75, 3.05) is 6.61 Å². The van der Waals surface area contributed by atoms with Crippen LogP contribution in [0.2, 0.25) is 0 Å². The Kier molecular flexibility index (Phi) is 3.76. The van der Waals surface area contributed by atoms with Gasteiger partial charge in [-0.05, 0) is 49.8 Å². The molecule has 0 radical (unpaired) electrons. The third kappa shape index (κ3) is 2.47. The number of aromatic nitrogens is 2. The van der Waals surface area contributed by atoms with Crippen LogP contribution in [0.25, 0.3) is 11.3 Å². The molecule has 6 nitrogen and oxygen atoms in total. The van der Waals surface area contributed by atoms with E-state index < -0.39 is 0 Å². The van der Waals surface area contributed by atoms with Crippen LogP contribution in [0.15, 0.2) is 30.3 Å². The molecule has 2 aliphatic rings. The molecule has 0 spiro atoms. The Hall–Kier alpha value is -2.34. The van der Waals surface area contributed by atoms with Crippen molar-refractivity contribution in [2.24, 2.45) is 5.92 Å². The molecule has 1 aromatic carbocycles. The van der Waals surface area contributed by atoms with Gasteiger partial charge in [0.15, 0.2) is 0 Å². The third-order valence-electron chi connectivity index (χ3n) is 5.31. The number of hydrogen-bond acceptors (Lipinski definition) is 4. The van der Waals surface area contributed by atoms with E-state index in [0.717, 1.165) is 25.7 Å². The third-order valence-corrected chi connectivity index (χ3v) is 5.31. The molecule has 4 rings (SSSR count). The zero-order chi connectivity index (χ0) is 16.7. The van der Waals surface area contributed by atoms with Gasteiger partial charge in [-0.3, -0.25) is 9.89 Å². The largest absolute Gasteiger partial charge is 0.507 e. The number of piperidine rings is 1. The maximum absolute atomic E-state index is 12.9. The highest BCUT2D eigenvalue weighted by molar-refractivity contribution is 5.94. The lowest BCUT2D eigenvalue weighted by molar-refractivity contribution is 0.0447. The van der Waals surface area contributed by atoms with Gasteiger partial charge >= 0.3 is 0 Å². The average Bonchev–Trinajstić information content (AvgIpc) is 3.18. The predicted molar refractivity (Wildman–Crippen MR) is 88.5 cm³/mol. The number of fused-ring (bicyclic) bond motifs is 2. The first-order chi connectivity index (χ1) is 11.7. The lowest BCUT2D eigenvalue weighted by atomic mass is 9.91. The maximum Gasteiger partial charge on any atom is 0.272 e. The number of aliphatic hydroxyl groups is 1. The van der Waals surface area contributed by atoms with Gasteiger partial charge in [0.25, 0.3) is 5.91 Å². The van der Waals surface area contributed by atoms with E-state index in [1.165, 1.54) is 0 Å². The van der Waals surface area contributed by atoms with Crippen LogP contribution in [-0.4, -0.2) is 49.9 Å². The van der Waals surface area contributed by atoms with Gasteiger partial charge in [0, 0.05) is 24.3 Å². The second-order valence-corrected chi connectivity index (χ2v) is 6.80. The molecule has 24 heavy (non-hydrogen) atoms. The number of carbonyl (C=O) groups excluding carboxylic acids is 1. The zero-order valence-corrected chi connectivity index (χ0v) is 13.4. The van der Waals surface area contributed by atoms with Crippen molar-refractivity contribution in [3.05, 3.63) is 36.0 Å². The number of carbonyl (C=O) groups is 1. The van der Waals surface area contributed by atoms with E-state index in [4.69, 9.17) is 0 Å². The van der Waals surface area contributed by atoms with Crippen LogP contribution in [0.5, 0.6) is 5.75 Å².